The van der Waals surface area contributed by atoms with Gasteiger partial charge in [-0.2, -0.15) is 0 Å². The molecule has 0 aromatic heterocycles. The van der Waals surface area contributed by atoms with E-state index in [1.807, 2.05) is 31.2 Å². The number of carbonyl (C=O) groups excluding carboxylic acids is 2. The predicted octanol–water partition coefficient (Wildman–Crippen LogP) is 2.59. The predicted molar refractivity (Wildman–Crippen MR) is 86.0 cm³/mol. The van der Waals surface area contributed by atoms with E-state index in [2.05, 4.69) is 13.8 Å². The molecule has 2 atom stereocenters. The maximum atomic E-state index is 13.1. The fourth-order valence-electron chi connectivity index (χ4n) is 3.63. The number of rotatable bonds is 0. The molecule has 3 saturated heterocycles. The highest BCUT2D eigenvalue weighted by atomic mass is 33.1. The van der Waals surface area contributed by atoms with Crippen LogP contribution in [0.1, 0.15) is 26.3 Å². The van der Waals surface area contributed by atoms with Crippen molar-refractivity contribution in [1.82, 2.24) is 4.90 Å². The quantitative estimate of drug-likeness (QED) is 0.689. The minimum absolute atomic E-state index is 0.00590. The molecule has 1 aromatic rings. The SMILES string of the molecule is CN1C(=O)[C@]23SS[C@]1(C)C(=O)N2c1ccccc1C3(C)C. The minimum Gasteiger partial charge on any atom is -0.319 e. The van der Waals surface area contributed by atoms with Gasteiger partial charge in [0, 0.05) is 18.2 Å². The summed E-state index contributed by atoms with van der Waals surface area (Å²) in [6, 6.07) is 7.88. The molecule has 0 saturated carbocycles. The molecule has 2 amide bonds. The molecule has 4 nitrogen and oxygen atoms in total. The Morgan fingerprint density at radius 1 is 1.00 bits per heavy atom. The minimum atomic E-state index is -0.870. The van der Waals surface area contributed by atoms with Gasteiger partial charge in [-0.05, 0) is 18.6 Å². The van der Waals surface area contributed by atoms with Crippen LogP contribution in [0.3, 0.4) is 0 Å². The van der Waals surface area contributed by atoms with E-state index in [-0.39, 0.29) is 11.8 Å². The van der Waals surface area contributed by atoms with E-state index in [0.717, 1.165) is 11.3 Å². The lowest BCUT2D eigenvalue weighted by atomic mass is 9.78. The fourth-order valence-corrected chi connectivity index (χ4v) is 7.51. The van der Waals surface area contributed by atoms with Gasteiger partial charge < -0.3 is 4.90 Å². The Labute approximate surface area is 131 Å². The van der Waals surface area contributed by atoms with Crippen LogP contribution in [0.25, 0.3) is 0 Å². The van der Waals surface area contributed by atoms with Gasteiger partial charge in [0.2, 0.25) is 0 Å². The standard InChI is InChI=1S/C15H16N2O2S2/c1-13(2)9-7-5-6-8-10(9)17-11(18)14(3)16(4)12(19)15(13,17)21-20-14/h5-8H,1-4H3/t14-,15-/m1/s1. The lowest BCUT2D eigenvalue weighted by Gasteiger charge is -2.59. The highest BCUT2D eigenvalue weighted by Crippen LogP contribution is 2.69. The molecule has 3 fully saturated rings. The first-order chi connectivity index (χ1) is 9.78. The van der Waals surface area contributed by atoms with Crippen LogP contribution >= 0.6 is 21.6 Å². The highest BCUT2D eigenvalue weighted by molar-refractivity contribution is 8.78. The smallest absolute Gasteiger partial charge is 0.265 e. The van der Waals surface area contributed by atoms with E-state index < -0.39 is 15.2 Å². The molecule has 0 radical (unpaired) electrons. The van der Waals surface area contributed by atoms with Crippen molar-refractivity contribution in [3.8, 4) is 0 Å². The molecule has 0 N–H and O–H groups in total. The van der Waals surface area contributed by atoms with Crippen molar-refractivity contribution in [2.75, 3.05) is 11.9 Å². The lowest BCUT2D eigenvalue weighted by Crippen LogP contribution is -2.78. The Bertz CT molecular complexity index is 705. The molecule has 6 heteroatoms. The van der Waals surface area contributed by atoms with Gasteiger partial charge in [-0.15, -0.1) is 0 Å². The Kier molecular flexibility index (Phi) is 2.32. The first-order valence-electron chi connectivity index (χ1n) is 6.88. The summed E-state index contributed by atoms with van der Waals surface area (Å²) in [7, 11) is 4.79. The Morgan fingerprint density at radius 2 is 1.67 bits per heavy atom. The molecule has 110 valence electrons. The van der Waals surface area contributed by atoms with E-state index in [1.165, 1.54) is 21.6 Å². The van der Waals surface area contributed by atoms with Gasteiger partial charge >= 0.3 is 0 Å². The number of carbonyl (C=O) groups is 2. The number of hydrogen-bond acceptors (Lipinski definition) is 4. The van der Waals surface area contributed by atoms with Gasteiger partial charge in [0.05, 0.1) is 0 Å². The van der Waals surface area contributed by atoms with E-state index in [0.29, 0.717) is 0 Å². The van der Waals surface area contributed by atoms with Crippen molar-refractivity contribution in [3.63, 3.8) is 0 Å². The molecule has 4 heterocycles. The molecule has 2 bridgehead atoms. The molecule has 1 aromatic carbocycles. The lowest BCUT2D eigenvalue weighted by molar-refractivity contribution is -0.148. The second-order valence-electron chi connectivity index (χ2n) is 6.44. The van der Waals surface area contributed by atoms with Crippen LogP contribution in [0.5, 0.6) is 0 Å². The van der Waals surface area contributed by atoms with Crippen LogP contribution in [0, 0.1) is 0 Å². The maximum absolute atomic E-state index is 13.1. The third-order valence-corrected chi connectivity index (χ3v) is 9.05. The summed E-state index contributed by atoms with van der Waals surface area (Å²) in [5.41, 5.74) is 1.52. The van der Waals surface area contributed by atoms with Crippen LogP contribution in [-0.2, 0) is 15.0 Å². The van der Waals surface area contributed by atoms with Gasteiger partial charge in [0.25, 0.3) is 11.8 Å². The van der Waals surface area contributed by atoms with Gasteiger partial charge in [-0.3, -0.25) is 14.5 Å². The van der Waals surface area contributed by atoms with E-state index in [9.17, 15) is 9.59 Å². The Hall–Kier alpha value is -1.14. The topological polar surface area (TPSA) is 40.6 Å². The van der Waals surface area contributed by atoms with Crippen LogP contribution in [-0.4, -0.2) is 33.5 Å². The number of likely N-dealkylation sites (N-methyl/N-ethyl adjacent to an activating group) is 1. The zero-order chi connectivity index (χ0) is 15.2. The van der Waals surface area contributed by atoms with Crippen molar-refractivity contribution in [2.45, 2.75) is 35.9 Å². The number of anilines is 1. The Balaban J connectivity index is 2.08. The first kappa shape index (κ1) is 13.5. The molecule has 1 spiro atoms. The number of fused-ring (bicyclic) bond motifs is 3. The maximum Gasteiger partial charge on any atom is 0.265 e. The van der Waals surface area contributed by atoms with Crippen molar-refractivity contribution in [1.29, 1.82) is 0 Å². The summed E-state index contributed by atoms with van der Waals surface area (Å²) >= 11 is 0. The zero-order valence-electron chi connectivity index (χ0n) is 12.3. The van der Waals surface area contributed by atoms with Crippen LogP contribution in [0.15, 0.2) is 24.3 Å². The average Bonchev–Trinajstić information content (AvgIpc) is 2.66. The number of hydrogen-bond donors (Lipinski definition) is 0. The normalized spacial score (nSPS) is 36.0. The van der Waals surface area contributed by atoms with Gasteiger partial charge in [0.1, 0.15) is 0 Å². The largest absolute Gasteiger partial charge is 0.319 e. The zero-order valence-corrected chi connectivity index (χ0v) is 14.0. The summed E-state index contributed by atoms with van der Waals surface area (Å²) in [5, 5.41) is 0. The fraction of sp³-hybridized carbons (Fsp3) is 0.467. The molecule has 21 heavy (non-hydrogen) atoms. The number of benzene rings is 1. The molecule has 4 aliphatic heterocycles. The molecule has 4 aliphatic rings. The molecule has 0 aliphatic carbocycles. The number of piperazine rings is 1. The summed E-state index contributed by atoms with van der Waals surface area (Å²) in [5.74, 6) is 0.0286. The number of para-hydroxylation sites is 1. The number of amides is 2. The van der Waals surface area contributed by atoms with Gasteiger partial charge in [0.15, 0.2) is 9.74 Å². The van der Waals surface area contributed by atoms with Crippen LogP contribution in [0.2, 0.25) is 0 Å². The van der Waals surface area contributed by atoms with Gasteiger partial charge in [-0.25, -0.2) is 0 Å². The molecule has 5 rings (SSSR count). The Morgan fingerprint density at radius 3 is 2.38 bits per heavy atom. The third kappa shape index (κ3) is 1.16. The van der Waals surface area contributed by atoms with E-state index >= 15 is 0 Å². The number of nitrogens with zero attached hydrogens (tertiary/aromatic N) is 2. The second kappa shape index (κ2) is 3.60. The summed E-state index contributed by atoms with van der Waals surface area (Å²) in [6.07, 6.45) is 0. The van der Waals surface area contributed by atoms with Crippen LogP contribution < -0.4 is 4.90 Å². The average molecular weight is 320 g/mol. The monoisotopic (exact) mass is 320 g/mol. The second-order valence-corrected chi connectivity index (χ2v) is 9.16. The third-order valence-electron chi connectivity index (χ3n) is 5.14. The molecular weight excluding hydrogens is 304 g/mol. The molecular formula is C15H16N2O2S2. The van der Waals surface area contributed by atoms with Crippen molar-refractivity contribution in [3.05, 3.63) is 29.8 Å². The van der Waals surface area contributed by atoms with Crippen molar-refractivity contribution >= 4 is 39.1 Å². The van der Waals surface area contributed by atoms with E-state index in [1.54, 1.807) is 16.8 Å². The summed E-state index contributed by atoms with van der Waals surface area (Å²) in [6.45, 7) is 5.96. The summed E-state index contributed by atoms with van der Waals surface area (Å²) < 4.78 is 0. The van der Waals surface area contributed by atoms with Crippen molar-refractivity contribution < 1.29 is 9.59 Å². The molecule has 0 unspecified atom stereocenters. The van der Waals surface area contributed by atoms with E-state index in [4.69, 9.17) is 0 Å². The van der Waals surface area contributed by atoms with Crippen LogP contribution in [0.4, 0.5) is 5.69 Å². The van der Waals surface area contributed by atoms with Crippen molar-refractivity contribution in [2.24, 2.45) is 0 Å². The first-order valence-corrected chi connectivity index (χ1v) is 9.03. The van der Waals surface area contributed by atoms with Gasteiger partial charge in [-0.1, -0.05) is 53.6 Å². The highest BCUT2D eigenvalue weighted by Gasteiger charge is 2.75. The summed E-state index contributed by atoms with van der Waals surface area (Å²) in [4.78, 5) is 27.9.